The number of ether oxygens (including phenoxy) is 2. The van der Waals surface area contributed by atoms with E-state index in [4.69, 9.17) is 21.1 Å². The van der Waals surface area contributed by atoms with Gasteiger partial charge < -0.3 is 9.47 Å². The minimum Gasteiger partial charge on any atom is -0.493 e. The number of hydrogen-bond acceptors (Lipinski definition) is 4. The van der Waals surface area contributed by atoms with Gasteiger partial charge in [0.1, 0.15) is 0 Å². The Balaban J connectivity index is 1.88. The summed E-state index contributed by atoms with van der Waals surface area (Å²) in [5, 5.41) is 6.37. The van der Waals surface area contributed by atoms with Crippen molar-refractivity contribution in [3.63, 3.8) is 0 Å². The van der Waals surface area contributed by atoms with E-state index in [-0.39, 0.29) is 5.91 Å². The van der Waals surface area contributed by atoms with Crippen LogP contribution in [0.3, 0.4) is 0 Å². The molecule has 2 aromatic rings. The fourth-order valence-corrected chi connectivity index (χ4v) is 2.84. The smallest absolute Gasteiger partial charge is 0.280 e. The minimum absolute atomic E-state index is 0.180. The molecule has 0 fully saturated rings. The van der Waals surface area contributed by atoms with Gasteiger partial charge in [0.15, 0.2) is 11.5 Å². The van der Waals surface area contributed by atoms with Crippen molar-refractivity contribution in [1.82, 2.24) is 0 Å². The highest BCUT2D eigenvalue weighted by atomic mass is 35.5. The highest BCUT2D eigenvalue weighted by Gasteiger charge is 2.28. The zero-order valence-electron chi connectivity index (χ0n) is 15.5. The number of hydrogen-bond donors (Lipinski definition) is 0. The number of benzene rings is 2. The van der Waals surface area contributed by atoms with E-state index < -0.39 is 0 Å². The second kappa shape index (κ2) is 8.27. The molecule has 0 unspecified atom stereocenters. The van der Waals surface area contributed by atoms with Gasteiger partial charge in [0.25, 0.3) is 5.91 Å². The lowest BCUT2D eigenvalue weighted by Crippen LogP contribution is -2.21. The van der Waals surface area contributed by atoms with Crippen LogP contribution in [0.1, 0.15) is 25.8 Å². The largest absolute Gasteiger partial charge is 0.493 e. The molecule has 140 valence electrons. The number of nitrogens with zero attached hydrogens (tertiary/aromatic N) is 2. The minimum atomic E-state index is -0.180. The second-order valence-electron chi connectivity index (χ2n) is 6.10. The van der Waals surface area contributed by atoms with Crippen molar-refractivity contribution in [3.8, 4) is 11.5 Å². The molecular weight excluding hydrogens is 364 g/mol. The van der Waals surface area contributed by atoms with Gasteiger partial charge in [0, 0.05) is 5.02 Å². The van der Waals surface area contributed by atoms with Crippen LogP contribution in [0, 0.1) is 0 Å². The number of rotatable bonds is 6. The molecule has 0 aliphatic carbocycles. The van der Waals surface area contributed by atoms with Crippen molar-refractivity contribution < 1.29 is 14.3 Å². The third-order valence-electron chi connectivity index (χ3n) is 4.09. The van der Waals surface area contributed by atoms with Gasteiger partial charge in [0.2, 0.25) is 0 Å². The Kier molecular flexibility index (Phi) is 5.81. The van der Waals surface area contributed by atoms with Crippen molar-refractivity contribution in [2.45, 2.75) is 20.3 Å². The van der Waals surface area contributed by atoms with Gasteiger partial charge in [-0.3, -0.25) is 4.79 Å². The molecule has 27 heavy (non-hydrogen) atoms. The van der Waals surface area contributed by atoms with Crippen LogP contribution >= 0.6 is 11.6 Å². The Labute approximate surface area is 163 Å². The predicted molar refractivity (Wildman–Crippen MR) is 109 cm³/mol. The van der Waals surface area contributed by atoms with Crippen LogP contribution < -0.4 is 14.5 Å². The fraction of sp³-hybridized carbons (Fsp3) is 0.238. The van der Waals surface area contributed by atoms with E-state index in [0.29, 0.717) is 40.1 Å². The molecule has 1 aliphatic rings. The molecule has 3 rings (SSSR count). The standard InChI is InChI=1S/C21H21ClN2O3/c1-4-11-27-19-10-5-15(13-20(19)26-3)12-18-14(2)23-24(21(18)25)17-8-6-16(22)7-9-17/h5-10,12-13H,4,11H2,1-3H3/b18-12+. The number of methoxy groups -OCH3 is 1. The molecule has 0 saturated carbocycles. The van der Waals surface area contributed by atoms with Crippen LogP contribution in [0.4, 0.5) is 5.69 Å². The van der Waals surface area contributed by atoms with Crippen LogP contribution in [0.25, 0.3) is 6.08 Å². The van der Waals surface area contributed by atoms with Crippen LogP contribution in [0.5, 0.6) is 11.5 Å². The Bertz CT molecular complexity index is 904. The average molecular weight is 385 g/mol. The summed E-state index contributed by atoms with van der Waals surface area (Å²) in [6, 6.07) is 12.6. The van der Waals surface area contributed by atoms with Crippen LogP contribution in [0.2, 0.25) is 5.02 Å². The molecular formula is C21H21ClN2O3. The van der Waals surface area contributed by atoms with Crippen LogP contribution in [-0.2, 0) is 4.79 Å². The van der Waals surface area contributed by atoms with Crippen molar-refractivity contribution in [1.29, 1.82) is 0 Å². The number of carbonyl (C=O) groups excluding carboxylic acids is 1. The van der Waals surface area contributed by atoms with Gasteiger partial charge in [-0.1, -0.05) is 24.6 Å². The van der Waals surface area contributed by atoms with E-state index in [1.807, 2.05) is 38.1 Å². The number of anilines is 1. The monoisotopic (exact) mass is 384 g/mol. The van der Waals surface area contributed by atoms with Crippen LogP contribution in [0.15, 0.2) is 53.1 Å². The van der Waals surface area contributed by atoms with E-state index in [9.17, 15) is 4.79 Å². The Morgan fingerprint density at radius 1 is 1.15 bits per heavy atom. The van der Waals surface area contributed by atoms with E-state index in [1.165, 1.54) is 5.01 Å². The molecule has 2 aromatic carbocycles. The van der Waals surface area contributed by atoms with Gasteiger partial charge in [-0.15, -0.1) is 0 Å². The summed E-state index contributed by atoms with van der Waals surface area (Å²) in [4.78, 5) is 12.8. The third kappa shape index (κ3) is 4.14. The average Bonchev–Trinajstić information content (AvgIpc) is 2.95. The number of hydrazone groups is 1. The molecule has 0 atom stereocenters. The maximum Gasteiger partial charge on any atom is 0.280 e. The summed E-state index contributed by atoms with van der Waals surface area (Å²) in [5.41, 5.74) is 2.70. The SMILES string of the molecule is CCCOc1ccc(/C=C2/C(=O)N(c3ccc(Cl)cc3)N=C2C)cc1OC. The Hall–Kier alpha value is -2.79. The summed E-state index contributed by atoms with van der Waals surface area (Å²) >= 11 is 5.92. The van der Waals surface area contributed by atoms with Crippen molar-refractivity contribution >= 4 is 35.0 Å². The molecule has 0 bridgehead atoms. The highest BCUT2D eigenvalue weighted by Crippen LogP contribution is 2.31. The molecule has 5 nitrogen and oxygen atoms in total. The summed E-state index contributed by atoms with van der Waals surface area (Å²) in [5.74, 6) is 1.14. The van der Waals surface area contributed by atoms with E-state index >= 15 is 0 Å². The molecule has 0 N–H and O–H groups in total. The number of carbonyl (C=O) groups is 1. The molecule has 0 saturated heterocycles. The van der Waals surface area contributed by atoms with Crippen molar-refractivity contribution in [3.05, 3.63) is 58.6 Å². The van der Waals surface area contributed by atoms with Gasteiger partial charge in [0.05, 0.1) is 30.7 Å². The molecule has 1 heterocycles. The first-order valence-corrected chi connectivity index (χ1v) is 9.09. The van der Waals surface area contributed by atoms with E-state index in [1.54, 1.807) is 31.4 Å². The molecule has 6 heteroatoms. The van der Waals surface area contributed by atoms with Gasteiger partial charge in [-0.25, -0.2) is 0 Å². The van der Waals surface area contributed by atoms with E-state index in [2.05, 4.69) is 5.10 Å². The third-order valence-corrected chi connectivity index (χ3v) is 4.35. The van der Waals surface area contributed by atoms with Gasteiger partial charge >= 0.3 is 0 Å². The summed E-state index contributed by atoms with van der Waals surface area (Å²) in [7, 11) is 1.60. The zero-order valence-corrected chi connectivity index (χ0v) is 16.3. The molecule has 0 radical (unpaired) electrons. The fourth-order valence-electron chi connectivity index (χ4n) is 2.71. The Morgan fingerprint density at radius 3 is 2.56 bits per heavy atom. The van der Waals surface area contributed by atoms with Gasteiger partial charge in [-0.2, -0.15) is 10.1 Å². The predicted octanol–water partition coefficient (Wildman–Crippen LogP) is 4.94. The molecule has 0 spiro atoms. The topological polar surface area (TPSA) is 51.1 Å². The first-order valence-electron chi connectivity index (χ1n) is 8.71. The Morgan fingerprint density at radius 2 is 1.89 bits per heavy atom. The number of halogens is 1. The lowest BCUT2D eigenvalue weighted by molar-refractivity contribution is -0.114. The lowest BCUT2D eigenvalue weighted by atomic mass is 10.1. The van der Waals surface area contributed by atoms with Crippen molar-refractivity contribution in [2.75, 3.05) is 18.7 Å². The summed E-state index contributed by atoms with van der Waals surface area (Å²) in [6.07, 6.45) is 2.73. The molecule has 0 aromatic heterocycles. The first-order chi connectivity index (χ1) is 13.0. The van der Waals surface area contributed by atoms with Crippen molar-refractivity contribution in [2.24, 2.45) is 5.10 Å². The maximum absolute atomic E-state index is 12.8. The second-order valence-corrected chi connectivity index (χ2v) is 6.53. The molecule has 1 aliphatic heterocycles. The van der Waals surface area contributed by atoms with Gasteiger partial charge in [-0.05, 0) is 61.4 Å². The van der Waals surface area contributed by atoms with E-state index in [0.717, 1.165) is 12.0 Å². The zero-order chi connectivity index (χ0) is 19.4. The summed E-state index contributed by atoms with van der Waals surface area (Å²) in [6.45, 7) is 4.48. The lowest BCUT2D eigenvalue weighted by Gasteiger charge is -2.12. The first kappa shape index (κ1) is 19.0. The quantitative estimate of drug-likeness (QED) is 0.662. The maximum atomic E-state index is 12.8. The normalized spacial score (nSPS) is 15.3. The highest BCUT2D eigenvalue weighted by molar-refractivity contribution is 6.32. The number of amides is 1. The summed E-state index contributed by atoms with van der Waals surface area (Å²) < 4.78 is 11.1. The molecule has 1 amide bonds. The van der Waals surface area contributed by atoms with Crippen LogP contribution in [-0.4, -0.2) is 25.3 Å².